The molecule has 0 bridgehead atoms. The lowest BCUT2D eigenvalue weighted by molar-refractivity contribution is -0.00833. The third kappa shape index (κ3) is 4.14. The van der Waals surface area contributed by atoms with E-state index in [0.717, 1.165) is 11.1 Å². The quantitative estimate of drug-likeness (QED) is 0.843. The molecule has 0 aliphatic heterocycles. The van der Waals surface area contributed by atoms with Gasteiger partial charge in [-0.25, -0.2) is 0 Å². The molecule has 0 saturated carbocycles. The Hall–Kier alpha value is -1.68. The first-order valence-electron chi connectivity index (χ1n) is 7.20. The zero-order chi connectivity index (χ0) is 15.5. The molecule has 3 heteroatoms. The first-order chi connectivity index (χ1) is 9.88. The van der Waals surface area contributed by atoms with Crippen LogP contribution in [0, 0.1) is 0 Å². The Morgan fingerprint density at radius 2 is 1.24 bits per heavy atom. The van der Waals surface area contributed by atoms with E-state index in [4.69, 9.17) is 16.2 Å². The monoisotopic (exact) mass is 284 g/mol. The summed E-state index contributed by atoms with van der Waals surface area (Å²) in [6, 6.07) is 17.9. The number of rotatable bonds is 4. The van der Waals surface area contributed by atoms with Crippen LogP contribution >= 0.6 is 0 Å². The molecule has 2 unspecified atom stereocenters. The number of hydrogen-bond donors (Lipinski definition) is 2. The highest BCUT2D eigenvalue weighted by Crippen LogP contribution is 2.25. The minimum absolute atomic E-state index is 0.129. The first-order valence-corrected chi connectivity index (χ1v) is 7.20. The summed E-state index contributed by atoms with van der Waals surface area (Å²) in [6.45, 7) is 6.55. The van der Waals surface area contributed by atoms with Gasteiger partial charge in [0.15, 0.2) is 0 Å². The molecule has 4 N–H and O–H groups in total. The molecule has 0 radical (unpaired) electrons. The van der Waals surface area contributed by atoms with Crippen molar-refractivity contribution in [3.63, 3.8) is 0 Å². The summed E-state index contributed by atoms with van der Waals surface area (Å²) < 4.78 is 5.70. The number of nitrogens with two attached hydrogens (primary N) is 2. The van der Waals surface area contributed by atoms with Gasteiger partial charge in [-0.1, -0.05) is 75.4 Å². The molecule has 0 saturated heterocycles. The molecule has 0 aliphatic carbocycles. The molecule has 0 fully saturated rings. The molecule has 2 aromatic rings. The lowest BCUT2D eigenvalue weighted by atomic mass is 9.86. The van der Waals surface area contributed by atoms with Crippen molar-refractivity contribution in [2.75, 3.05) is 0 Å². The lowest BCUT2D eigenvalue weighted by Gasteiger charge is -2.22. The van der Waals surface area contributed by atoms with Gasteiger partial charge in [-0.15, -0.1) is 0 Å². The topological polar surface area (TPSA) is 61.3 Å². The predicted octanol–water partition coefficient (Wildman–Crippen LogP) is 3.62. The van der Waals surface area contributed by atoms with E-state index in [0.29, 0.717) is 0 Å². The molecule has 3 nitrogen and oxygen atoms in total. The second-order valence-corrected chi connectivity index (χ2v) is 6.26. The third-order valence-corrected chi connectivity index (χ3v) is 3.53. The molecule has 2 rings (SSSR count). The average Bonchev–Trinajstić information content (AvgIpc) is 2.47. The van der Waals surface area contributed by atoms with Gasteiger partial charge in [0.2, 0.25) is 0 Å². The van der Waals surface area contributed by atoms with E-state index in [1.165, 1.54) is 5.56 Å². The maximum atomic E-state index is 6.09. The lowest BCUT2D eigenvalue weighted by Crippen LogP contribution is -2.23. The van der Waals surface area contributed by atoms with E-state index in [1.54, 1.807) is 0 Å². The van der Waals surface area contributed by atoms with Crippen LogP contribution in [-0.2, 0) is 10.2 Å². The Morgan fingerprint density at radius 3 is 1.71 bits per heavy atom. The van der Waals surface area contributed by atoms with Crippen LogP contribution in [0.3, 0.4) is 0 Å². The van der Waals surface area contributed by atoms with Crippen LogP contribution in [-0.4, -0.2) is 0 Å². The van der Waals surface area contributed by atoms with Crippen molar-refractivity contribution in [3.05, 3.63) is 71.3 Å². The highest BCUT2D eigenvalue weighted by Gasteiger charge is 2.16. The van der Waals surface area contributed by atoms with Crippen molar-refractivity contribution in [3.8, 4) is 0 Å². The minimum atomic E-state index is -0.533. The Labute approximate surface area is 126 Å². The SMILES string of the molecule is CC(C)(C)c1ccc(C(N)OC(N)c2ccccc2)cc1. The van der Waals surface area contributed by atoms with Gasteiger partial charge in [0, 0.05) is 0 Å². The number of benzene rings is 2. The Kier molecular flexibility index (Phi) is 4.78. The van der Waals surface area contributed by atoms with E-state index >= 15 is 0 Å². The second kappa shape index (κ2) is 6.39. The highest BCUT2D eigenvalue weighted by molar-refractivity contribution is 5.28. The van der Waals surface area contributed by atoms with E-state index in [2.05, 4.69) is 32.9 Å². The fraction of sp³-hybridized carbons (Fsp3) is 0.333. The van der Waals surface area contributed by atoms with Crippen LogP contribution in [0.1, 0.15) is 49.9 Å². The summed E-state index contributed by atoms with van der Waals surface area (Å²) >= 11 is 0. The van der Waals surface area contributed by atoms with Gasteiger partial charge in [0.1, 0.15) is 12.5 Å². The smallest absolute Gasteiger partial charge is 0.134 e. The van der Waals surface area contributed by atoms with Gasteiger partial charge in [-0.3, -0.25) is 0 Å². The van der Waals surface area contributed by atoms with Crippen molar-refractivity contribution >= 4 is 0 Å². The van der Waals surface area contributed by atoms with Crippen LogP contribution < -0.4 is 11.5 Å². The molecule has 0 amide bonds. The maximum Gasteiger partial charge on any atom is 0.134 e. The van der Waals surface area contributed by atoms with E-state index in [1.807, 2.05) is 42.5 Å². The summed E-state index contributed by atoms with van der Waals surface area (Å²) in [5.74, 6) is 0. The van der Waals surface area contributed by atoms with Gasteiger partial charge in [-0.2, -0.15) is 0 Å². The molecule has 0 heterocycles. The van der Waals surface area contributed by atoms with Gasteiger partial charge in [-0.05, 0) is 22.1 Å². The summed E-state index contributed by atoms with van der Waals surface area (Å²) in [5.41, 5.74) is 15.4. The van der Waals surface area contributed by atoms with Gasteiger partial charge in [0.05, 0.1) is 0 Å². The van der Waals surface area contributed by atoms with E-state index in [9.17, 15) is 0 Å². The van der Waals surface area contributed by atoms with Crippen LogP contribution in [0.2, 0.25) is 0 Å². The fourth-order valence-corrected chi connectivity index (χ4v) is 2.13. The van der Waals surface area contributed by atoms with Crippen LogP contribution in [0.15, 0.2) is 54.6 Å². The zero-order valence-electron chi connectivity index (χ0n) is 12.9. The standard InChI is InChI=1S/C18H24N2O/c1-18(2,3)15-11-9-14(10-12-15)17(20)21-16(19)13-7-5-4-6-8-13/h4-12,16-17H,19-20H2,1-3H3. The Bertz CT molecular complexity index is 558. The first kappa shape index (κ1) is 15.7. The molecular formula is C18H24N2O. The number of ether oxygens (including phenoxy) is 1. The summed E-state index contributed by atoms with van der Waals surface area (Å²) in [5, 5.41) is 0. The molecule has 2 aromatic carbocycles. The van der Waals surface area contributed by atoms with Crippen molar-refractivity contribution in [1.82, 2.24) is 0 Å². The summed E-state index contributed by atoms with van der Waals surface area (Å²) in [4.78, 5) is 0. The minimum Gasteiger partial charge on any atom is -0.337 e. The largest absolute Gasteiger partial charge is 0.337 e. The van der Waals surface area contributed by atoms with E-state index < -0.39 is 12.5 Å². The van der Waals surface area contributed by atoms with Crippen molar-refractivity contribution in [1.29, 1.82) is 0 Å². The third-order valence-electron chi connectivity index (χ3n) is 3.53. The van der Waals surface area contributed by atoms with Crippen LogP contribution in [0.25, 0.3) is 0 Å². The fourth-order valence-electron chi connectivity index (χ4n) is 2.13. The Balaban J connectivity index is 2.05. The predicted molar refractivity (Wildman–Crippen MR) is 86.5 cm³/mol. The maximum absolute atomic E-state index is 6.09. The van der Waals surface area contributed by atoms with E-state index in [-0.39, 0.29) is 5.41 Å². The van der Waals surface area contributed by atoms with Crippen LogP contribution in [0.4, 0.5) is 0 Å². The normalized spacial score (nSPS) is 14.7. The summed E-state index contributed by atoms with van der Waals surface area (Å²) in [7, 11) is 0. The van der Waals surface area contributed by atoms with Crippen LogP contribution in [0.5, 0.6) is 0 Å². The average molecular weight is 284 g/mol. The highest BCUT2D eigenvalue weighted by atomic mass is 16.5. The van der Waals surface area contributed by atoms with Crippen molar-refractivity contribution in [2.45, 2.75) is 38.6 Å². The molecule has 0 aromatic heterocycles. The molecular weight excluding hydrogens is 260 g/mol. The Morgan fingerprint density at radius 1 is 0.762 bits per heavy atom. The van der Waals surface area contributed by atoms with Gasteiger partial charge in [0.25, 0.3) is 0 Å². The summed E-state index contributed by atoms with van der Waals surface area (Å²) in [6.07, 6.45) is -1.06. The molecule has 0 spiro atoms. The molecule has 0 aliphatic rings. The van der Waals surface area contributed by atoms with Gasteiger partial charge >= 0.3 is 0 Å². The second-order valence-electron chi connectivity index (χ2n) is 6.26. The van der Waals surface area contributed by atoms with Gasteiger partial charge < -0.3 is 16.2 Å². The van der Waals surface area contributed by atoms with Crippen molar-refractivity contribution in [2.24, 2.45) is 11.5 Å². The zero-order valence-corrected chi connectivity index (χ0v) is 12.9. The van der Waals surface area contributed by atoms with Crippen molar-refractivity contribution < 1.29 is 4.74 Å². The molecule has 21 heavy (non-hydrogen) atoms. The number of hydrogen-bond acceptors (Lipinski definition) is 3. The molecule has 2 atom stereocenters. The molecule has 112 valence electrons.